The largest absolute Gasteiger partial charge is 0.573 e. The van der Waals surface area contributed by atoms with Gasteiger partial charge in [-0.05, 0) is 6.07 Å². The standard InChI is InChI=1S/C8H8F3NO2/c9-8(10,11)14-7-4-2-1-3-6(7)5-13-12/h1-4H,5,12H2. The monoisotopic (exact) mass is 207 g/mol. The zero-order valence-corrected chi connectivity index (χ0v) is 7.04. The molecule has 78 valence electrons. The smallest absolute Gasteiger partial charge is 0.405 e. The first-order valence-electron chi connectivity index (χ1n) is 3.68. The van der Waals surface area contributed by atoms with Gasteiger partial charge >= 0.3 is 6.36 Å². The third kappa shape index (κ3) is 3.23. The highest BCUT2D eigenvalue weighted by Gasteiger charge is 2.31. The van der Waals surface area contributed by atoms with Crippen LogP contribution in [0.2, 0.25) is 0 Å². The van der Waals surface area contributed by atoms with Gasteiger partial charge in [0.25, 0.3) is 0 Å². The van der Waals surface area contributed by atoms with Crippen molar-refractivity contribution >= 4 is 0 Å². The number of para-hydroxylation sites is 1. The molecule has 0 bridgehead atoms. The first-order valence-corrected chi connectivity index (χ1v) is 3.68. The van der Waals surface area contributed by atoms with E-state index in [0.29, 0.717) is 0 Å². The topological polar surface area (TPSA) is 44.5 Å². The molecule has 0 aromatic heterocycles. The Hall–Kier alpha value is -1.27. The summed E-state index contributed by atoms with van der Waals surface area (Å²) >= 11 is 0. The molecule has 1 rings (SSSR count). The van der Waals surface area contributed by atoms with E-state index in [1.54, 1.807) is 6.07 Å². The maximum absolute atomic E-state index is 11.9. The van der Waals surface area contributed by atoms with Crippen molar-refractivity contribution < 1.29 is 22.7 Å². The lowest BCUT2D eigenvalue weighted by molar-refractivity contribution is -0.275. The Morgan fingerprint density at radius 2 is 1.86 bits per heavy atom. The lowest BCUT2D eigenvalue weighted by Crippen LogP contribution is -2.18. The molecule has 0 radical (unpaired) electrons. The van der Waals surface area contributed by atoms with E-state index in [9.17, 15) is 13.2 Å². The normalized spacial score (nSPS) is 11.4. The van der Waals surface area contributed by atoms with Gasteiger partial charge < -0.3 is 4.74 Å². The fourth-order valence-corrected chi connectivity index (χ4v) is 0.937. The van der Waals surface area contributed by atoms with E-state index >= 15 is 0 Å². The quantitative estimate of drug-likeness (QED) is 0.770. The summed E-state index contributed by atoms with van der Waals surface area (Å²) in [6.45, 7) is -0.133. The second-order valence-electron chi connectivity index (χ2n) is 2.47. The molecule has 1 aromatic rings. The van der Waals surface area contributed by atoms with Gasteiger partial charge in [-0.1, -0.05) is 18.2 Å². The molecule has 0 saturated heterocycles. The number of alkyl halides is 3. The maximum Gasteiger partial charge on any atom is 0.573 e. The minimum atomic E-state index is -4.70. The van der Waals surface area contributed by atoms with E-state index < -0.39 is 6.36 Å². The first kappa shape index (κ1) is 10.8. The first-order chi connectivity index (χ1) is 6.53. The molecule has 6 heteroatoms. The van der Waals surface area contributed by atoms with Crippen LogP contribution >= 0.6 is 0 Å². The maximum atomic E-state index is 11.9. The van der Waals surface area contributed by atoms with Crippen molar-refractivity contribution in [1.29, 1.82) is 0 Å². The Morgan fingerprint density at radius 3 is 2.43 bits per heavy atom. The van der Waals surface area contributed by atoms with Gasteiger partial charge in [0.15, 0.2) is 0 Å². The van der Waals surface area contributed by atoms with Crippen molar-refractivity contribution in [2.45, 2.75) is 13.0 Å². The number of hydrogen-bond donors (Lipinski definition) is 1. The Bertz CT molecular complexity index is 301. The number of nitrogens with two attached hydrogens (primary N) is 1. The van der Waals surface area contributed by atoms with Crippen molar-refractivity contribution in [3.8, 4) is 5.75 Å². The summed E-state index contributed by atoms with van der Waals surface area (Å²) < 4.78 is 39.4. The van der Waals surface area contributed by atoms with E-state index in [2.05, 4.69) is 9.57 Å². The average molecular weight is 207 g/mol. The highest BCUT2D eigenvalue weighted by molar-refractivity contribution is 5.32. The van der Waals surface area contributed by atoms with E-state index in [-0.39, 0.29) is 17.9 Å². The zero-order valence-electron chi connectivity index (χ0n) is 7.04. The van der Waals surface area contributed by atoms with Gasteiger partial charge in [0.2, 0.25) is 0 Å². The van der Waals surface area contributed by atoms with Gasteiger partial charge in [0.1, 0.15) is 5.75 Å². The predicted octanol–water partition coefficient (Wildman–Crippen LogP) is 1.98. The molecule has 0 aliphatic carbocycles. The summed E-state index contributed by atoms with van der Waals surface area (Å²) in [7, 11) is 0. The summed E-state index contributed by atoms with van der Waals surface area (Å²) in [5.41, 5.74) is 0.243. The highest BCUT2D eigenvalue weighted by atomic mass is 19.4. The van der Waals surface area contributed by atoms with E-state index in [1.165, 1.54) is 18.2 Å². The fourth-order valence-electron chi connectivity index (χ4n) is 0.937. The van der Waals surface area contributed by atoms with Crippen LogP contribution in [0.1, 0.15) is 5.56 Å². The van der Waals surface area contributed by atoms with Gasteiger partial charge in [-0.15, -0.1) is 13.2 Å². The predicted molar refractivity (Wildman–Crippen MR) is 42.1 cm³/mol. The van der Waals surface area contributed by atoms with Crippen LogP contribution in [0.4, 0.5) is 13.2 Å². The second-order valence-corrected chi connectivity index (χ2v) is 2.47. The van der Waals surface area contributed by atoms with E-state index in [4.69, 9.17) is 5.90 Å². The van der Waals surface area contributed by atoms with Gasteiger partial charge in [-0.2, -0.15) is 0 Å². The summed E-state index contributed by atoms with van der Waals surface area (Å²) in [5.74, 6) is 4.46. The summed E-state index contributed by atoms with van der Waals surface area (Å²) in [5, 5.41) is 0. The number of hydrogen-bond acceptors (Lipinski definition) is 3. The molecule has 0 spiro atoms. The fraction of sp³-hybridized carbons (Fsp3) is 0.250. The molecule has 0 fully saturated rings. The Balaban J connectivity index is 2.84. The van der Waals surface area contributed by atoms with Gasteiger partial charge in [0.05, 0.1) is 6.61 Å². The number of benzene rings is 1. The minimum Gasteiger partial charge on any atom is -0.405 e. The van der Waals surface area contributed by atoms with Crippen molar-refractivity contribution in [2.24, 2.45) is 5.90 Å². The molecule has 0 aliphatic heterocycles. The number of ether oxygens (including phenoxy) is 1. The lowest BCUT2D eigenvalue weighted by Gasteiger charge is -2.11. The molecule has 0 aliphatic rings. The molecule has 0 amide bonds. The van der Waals surface area contributed by atoms with Crippen LogP contribution in [-0.4, -0.2) is 6.36 Å². The Labute approximate surface area is 78.2 Å². The van der Waals surface area contributed by atoms with Crippen LogP contribution in [0.25, 0.3) is 0 Å². The number of rotatable bonds is 3. The summed E-state index contributed by atoms with van der Waals surface area (Å²) in [6, 6.07) is 5.63. The molecule has 0 heterocycles. The second kappa shape index (κ2) is 4.30. The van der Waals surface area contributed by atoms with Crippen molar-refractivity contribution in [2.75, 3.05) is 0 Å². The van der Waals surface area contributed by atoms with E-state index in [0.717, 1.165) is 0 Å². The molecule has 0 unspecified atom stereocenters. The van der Waals surface area contributed by atoms with Crippen LogP contribution in [0.5, 0.6) is 5.75 Å². The lowest BCUT2D eigenvalue weighted by atomic mass is 10.2. The van der Waals surface area contributed by atoms with Crippen LogP contribution < -0.4 is 10.6 Å². The third-order valence-electron chi connectivity index (χ3n) is 1.44. The van der Waals surface area contributed by atoms with E-state index in [1.807, 2.05) is 0 Å². The highest BCUT2D eigenvalue weighted by Crippen LogP contribution is 2.26. The Kier molecular flexibility index (Phi) is 3.32. The average Bonchev–Trinajstić information content (AvgIpc) is 2.06. The zero-order chi connectivity index (χ0) is 10.6. The van der Waals surface area contributed by atoms with Gasteiger partial charge in [-0.3, -0.25) is 4.84 Å². The molecule has 0 atom stereocenters. The molecular formula is C8H8F3NO2. The summed E-state index contributed by atoms with van der Waals surface area (Å²) in [6.07, 6.45) is -4.70. The molecular weight excluding hydrogens is 199 g/mol. The van der Waals surface area contributed by atoms with Crippen LogP contribution in [0.15, 0.2) is 24.3 Å². The molecule has 3 nitrogen and oxygen atoms in total. The van der Waals surface area contributed by atoms with Crippen LogP contribution in [0.3, 0.4) is 0 Å². The molecule has 0 saturated carbocycles. The van der Waals surface area contributed by atoms with Gasteiger partial charge in [-0.25, -0.2) is 5.90 Å². The summed E-state index contributed by atoms with van der Waals surface area (Å²) in [4.78, 5) is 4.24. The van der Waals surface area contributed by atoms with Crippen molar-refractivity contribution in [3.05, 3.63) is 29.8 Å². The minimum absolute atomic E-state index is 0.133. The van der Waals surface area contributed by atoms with Crippen molar-refractivity contribution in [1.82, 2.24) is 0 Å². The van der Waals surface area contributed by atoms with Crippen LogP contribution in [0, 0.1) is 0 Å². The van der Waals surface area contributed by atoms with Gasteiger partial charge in [0, 0.05) is 5.56 Å². The Morgan fingerprint density at radius 1 is 1.21 bits per heavy atom. The molecule has 14 heavy (non-hydrogen) atoms. The molecule has 1 aromatic carbocycles. The van der Waals surface area contributed by atoms with Crippen LogP contribution in [-0.2, 0) is 11.4 Å². The van der Waals surface area contributed by atoms with Crippen molar-refractivity contribution in [3.63, 3.8) is 0 Å². The number of halogens is 3. The third-order valence-corrected chi connectivity index (χ3v) is 1.44. The molecule has 2 N–H and O–H groups in total. The SMILES string of the molecule is NOCc1ccccc1OC(F)(F)F.